The summed E-state index contributed by atoms with van der Waals surface area (Å²) in [6, 6.07) is 17.6. The first-order chi connectivity index (χ1) is 14.2. The average Bonchev–Trinajstić information content (AvgIpc) is 3.60. The van der Waals surface area contributed by atoms with Crippen LogP contribution >= 0.6 is 0 Å². The van der Waals surface area contributed by atoms with E-state index in [2.05, 4.69) is 34.5 Å². The minimum Gasteiger partial charge on any atom is -0.336 e. The van der Waals surface area contributed by atoms with Gasteiger partial charge in [0.05, 0.1) is 0 Å². The van der Waals surface area contributed by atoms with E-state index in [1.807, 2.05) is 41.3 Å². The summed E-state index contributed by atoms with van der Waals surface area (Å²) in [7, 11) is 0. The zero-order valence-corrected chi connectivity index (χ0v) is 16.6. The highest BCUT2D eigenvalue weighted by atomic mass is 16.2. The smallest absolute Gasteiger partial charge is 0.254 e. The number of hydrogen-bond acceptors (Lipinski definition) is 3. The fourth-order valence-corrected chi connectivity index (χ4v) is 3.54. The summed E-state index contributed by atoms with van der Waals surface area (Å²) in [6.07, 6.45) is 6.25. The topological polar surface area (TPSA) is 52.7 Å². The van der Waals surface area contributed by atoms with Crippen LogP contribution in [0.15, 0.2) is 60.7 Å². The molecule has 1 aliphatic heterocycles. The molecule has 0 bridgehead atoms. The van der Waals surface area contributed by atoms with E-state index >= 15 is 0 Å². The Hall–Kier alpha value is -2.92. The van der Waals surface area contributed by atoms with E-state index < -0.39 is 0 Å². The van der Waals surface area contributed by atoms with Gasteiger partial charge in [-0.1, -0.05) is 48.6 Å². The molecule has 1 saturated carbocycles. The van der Waals surface area contributed by atoms with E-state index in [1.54, 1.807) is 6.07 Å². The molecule has 4 rings (SSSR count). The molecule has 1 aliphatic carbocycles. The first-order valence-electron chi connectivity index (χ1n) is 10.3. The molecule has 2 aromatic rings. The number of carbonyl (C=O) groups is 2. The molecule has 0 aromatic heterocycles. The van der Waals surface area contributed by atoms with E-state index in [-0.39, 0.29) is 17.7 Å². The molecular weight excluding hydrogens is 362 g/mol. The lowest BCUT2D eigenvalue weighted by atomic mass is 10.1. The minimum atomic E-state index is 0.0343. The summed E-state index contributed by atoms with van der Waals surface area (Å²) in [5, 5.41) is 2.92. The Bertz CT molecular complexity index is 882. The predicted molar refractivity (Wildman–Crippen MR) is 116 cm³/mol. The Balaban J connectivity index is 1.27. The fourth-order valence-electron chi connectivity index (χ4n) is 3.54. The number of anilines is 1. The molecule has 0 spiro atoms. The Kier molecular flexibility index (Phi) is 6.06. The van der Waals surface area contributed by atoms with Gasteiger partial charge < -0.3 is 10.2 Å². The SMILES string of the molecule is O=C(Nc1cccc(C(=O)N2CCN(C/C=C/c3ccccc3)CC2)c1)C1CC1. The molecule has 1 N–H and O–H groups in total. The van der Waals surface area contributed by atoms with Gasteiger partial charge in [0.15, 0.2) is 0 Å². The second kappa shape index (κ2) is 9.05. The van der Waals surface area contributed by atoms with Crippen LogP contribution in [0.5, 0.6) is 0 Å². The standard InChI is InChI=1S/C24H27N3O2/c28-23(20-11-12-20)25-22-10-4-9-21(18-22)24(29)27-16-14-26(15-17-27)13-5-8-19-6-2-1-3-7-19/h1-10,18,20H,11-17H2,(H,25,28)/b8-5+. The van der Waals surface area contributed by atoms with Crippen LogP contribution in [-0.4, -0.2) is 54.3 Å². The predicted octanol–water partition coefficient (Wildman–Crippen LogP) is 3.51. The van der Waals surface area contributed by atoms with Crippen molar-refractivity contribution >= 4 is 23.6 Å². The van der Waals surface area contributed by atoms with Crippen LogP contribution in [0.2, 0.25) is 0 Å². The molecule has 5 heteroatoms. The molecule has 2 fully saturated rings. The third-order valence-corrected chi connectivity index (χ3v) is 5.46. The maximum atomic E-state index is 12.9. The van der Waals surface area contributed by atoms with Gasteiger partial charge in [0.2, 0.25) is 5.91 Å². The molecule has 1 saturated heterocycles. The summed E-state index contributed by atoms with van der Waals surface area (Å²) in [5.41, 5.74) is 2.54. The number of hydrogen-bond donors (Lipinski definition) is 1. The largest absolute Gasteiger partial charge is 0.336 e. The van der Waals surface area contributed by atoms with Crippen molar-refractivity contribution in [2.24, 2.45) is 5.92 Å². The molecule has 150 valence electrons. The number of piperazine rings is 1. The summed E-state index contributed by atoms with van der Waals surface area (Å²) in [5.74, 6) is 0.247. The summed E-state index contributed by atoms with van der Waals surface area (Å²) in [4.78, 5) is 29.1. The normalized spacial score (nSPS) is 17.4. The molecular formula is C24H27N3O2. The van der Waals surface area contributed by atoms with E-state index in [9.17, 15) is 9.59 Å². The van der Waals surface area contributed by atoms with Gasteiger partial charge in [0.25, 0.3) is 5.91 Å². The van der Waals surface area contributed by atoms with Gasteiger partial charge in [0, 0.05) is 49.9 Å². The van der Waals surface area contributed by atoms with Crippen molar-refractivity contribution in [3.8, 4) is 0 Å². The lowest BCUT2D eigenvalue weighted by Gasteiger charge is -2.34. The van der Waals surface area contributed by atoms with Crippen LogP contribution < -0.4 is 5.32 Å². The molecule has 2 aromatic carbocycles. The molecule has 0 unspecified atom stereocenters. The second-order valence-corrected chi connectivity index (χ2v) is 7.75. The highest BCUT2D eigenvalue weighted by molar-refractivity contribution is 5.98. The van der Waals surface area contributed by atoms with E-state index in [0.29, 0.717) is 11.3 Å². The third kappa shape index (κ3) is 5.33. The van der Waals surface area contributed by atoms with E-state index in [1.165, 1.54) is 5.56 Å². The van der Waals surface area contributed by atoms with Crippen molar-refractivity contribution in [2.45, 2.75) is 12.8 Å². The summed E-state index contributed by atoms with van der Waals surface area (Å²) in [6.45, 7) is 4.05. The van der Waals surface area contributed by atoms with Crippen molar-refractivity contribution in [1.82, 2.24) is 9.80 Å². The molecule has 2 aliphatic rings. The zero-order chi connectivity index (χ0) is 20.1. The van der Waals surface area contributed by atoms with E-state index in [0.717, 1.165) is 45.6 Å². The van der Waals surface area contributed by atoms with Crippen LogP contribution in [0.1, 0.15) is 28.8 Å². The Morgan fingerprint density at radius 2 is 1.72 bits per heavy atom. The summed E-state index contributed by atoms with van der Waals surface area (Å²) >= 11 is 0. The fraction of sp³-hybridized carbons (Fsp3) is 0.333. The number of benzene rings is 2. The van der Waals surface area contributed by atoms with Gasteiger partial charge >= 0.3 is 0 Å². The van der Waals surface area contributed by atoms with Gasteiger partial charge in [-0.25, -0.2) is 0 Å². The first-order valence-corrected chi connectivity index (χ1v) is 10.3. The monoisotopic (exact) mass is 389 g/mol. The van der Waals surface area contributed by atoms with Crippen molar-refractivity contribution in [3.63, 3.8) is 0 Å². The van der Waals surface area contributed by atoms with Crippen LogP contribution in [0, 0.1) is 5.92 Å². The van der Waals surface area contributed by atoms with Gasteiger partial charge in [-0.3, -0.25) is 14.5 Å². The number of nitrogens with zero attached hydrogens (tertiary/aromatic N) is 2. The average molecular weight is 389 g/mol. The van der Waals surface area contributed by atoms with Crippen molar-refractivity contribution in [1.29, 1.82) is 0 Å². The number of nitrogens with one attached hydrogen (secondary N) is 1. The molecule has 0 atom stereocenters. The Morgan fingerprint density at radius 3 is 2.45 bits per heavy atom. The van der Waals surface area contributed by atoms with Crippen LogP contribution in [0.25, 0.3) is 6.08 Å². The molecule has 5 nitrogen and oxygen atoms in total. The highest BCUT2D eigenvalue weighted by Gasteiger charge is 2.29. The van der Waals surface area contributed by atoms with Gasteiger partial charge in [-0.2, -0.15) is 0 Å². The van der Waals surface area contributed by atoms with Gasteiger partial charge in [0.1, 0.15) is 0 Å². The molecule has 0 radical (unpaired) electrons. The van der Waals surface area contributed by atoms with E-state index in [4.69, 9.17) is 0 Å². The Morgan fingerprint density at radius 1 is 0.966 bits per heavy atom. The van der Waals surface area contributed by atoms with Crippen molar-refractivity contribution < 1.29 is 9.59 Å². The van der Waals surface area contributed by atoms with Crippen molar-refractivity contribution in [3.05, 3.63) is 71.8 Å². The zero-order valence-electron chi connectivity index (χ0n) is 16.6. The lowest BCUT2D eigenvalue weighted by Crippen LogP contribution is -2.48. The number of carbonyl (C=O) groups excluding carboxylic acids is 2. The molecule has 1 heterocycles. The van der Waals surface area contributed by atoms with Crippen molar-refractivity contribution in [2.75, 3.05) is 38.0 Å². The Labute approximate surface area is 172 Å². The van der Waals surface area contributed by atoms with Gasteiger partial charge in [-0.05, 0) is 36.6 Å². The molecule has 2 amide bonds. The maximum Gasteiger partial charge on any atom is 0.254 e. The minimum absolute atomic E-state index is 0.0343. The number of rotatable bonds is 6. The second-order valence-electron chi connectivity index (χ2n) is 7.75. The van der Waals surface area contributed by atoms with Crippen LogP contribution in [-0.2, 0) is 4.79 Å². The molecule has 29 heavy (non-hydrogen) atoms. The quantitative estimate of drug-likeness (QED) is 0.823. The number of amides is 2. The third-order valence-electron chi connectivity index (χ3n) is 5.46. The summed E-state index contributed by atoms with van der Waals surface area (Å²) < 4.78 is 0. The lowest BCUT2D eigenvalue weighted by molar-refractivity contribution is -0.117. The maximum absolute atomic E-state index is 12.9. The highest BCUT2D eigenvalue weighted by Crippen LogP contribution is 2.30. The van der Waals surface area contributed by atoms with Crippen LogP contribution in [0.4, 0.5) is 5.69 Å². The van der Waals surface area contributed by atoms with Gasteiger partial charge in [-0.15, -0.1) is 0 Å². The van der Waals surface area contributed by atoms with Crippen LogP contribution in [0.3, 0.4) is 0 Å². The first kappa shape index (κ1) is 19.4.